The third kappa shape index (κ3) is 4.07. The Balaban J connectivity index is 2.24. The molecule has 1 rings (SSSR count). The van der Waals surface area contributed by atoms with Gasteiger partial charge in [-0.2, -0.15) is 0 Å². The van der Waals surface area contributed by atoms with Crippen molar-refractivity contribution in [3.05, 3.63) is 0 Å². The molecular formula is C10H22N2O. The van der Waals surface area contributed by atoms with Crippen LogP contribution in [-0.4, -0.2) is 43.8 Å². The second kappa shape index (κ2) is 5.58. The molecule has 13 heavy (non-hydrogen) atoms. The van der Waals surface area contributed by atoms with E-state index in [4.69, 9.17) is 10.5 Å². The highest BCUT2D eigenvalue weighted by Gasteiger charge is 2.19. The van der Waals surface area contributed by atoms with Crippen molar-refractivity contribution in [3.8, 4) is 0 Å². The van der Waals surface area contributed by atoms with Crippen LogP contribution in [0.3, 0.4) is 0 Å². The van der Waals surface area contributed by atoms with Crippen molar-refractivity contribution in [2.24, 2.45) is 11.7 Å². The number of hydrogen-bond donors (Lipinski definition) is 1. The van der Waals surface area contributed by atoms with Crippen LogP contribution in [0.1, 0.15) is 20.3 Å². The van der Waals surface area contributed by atoms with Crippen molar-refractivity contribution in [2.45, 2.75) is 26.4 Å². The second-order valence-electron chi connectivity index (χ2n) is 4.22. The van der Waals surface area contributed by atoms with Crippen LogP contribution >= 0.6 is 0 Å². The molecule has 1 atom stereocenters. The second-order valence-corrected chi connectivity index (χ2v) is 4.22. The molecule has 1 heterocycles. The monoisotopic (exact) mass is 186 g/mol. The smallest absolute Gasteiger partial charge is 0.0714 e. The summed E-state index contributed by atoms with van der Waals surface area (Å²) in [6.45, 7) is 9.46. The summed E-state index contributed by atoms with van der Waals surface area (Å²) >= 11 is 0. The first-order valence-electron chi connectivity index (χ1n) is 5.26. The molecule has 3 heteroatoms. The average Bonchev–Trinajstić information content (AvgIpc) is 2.04. The quantitative estimate of drug-likeness (QED) is 0.702. The normalized spacial score (nSPS) is 25.4. The Hall–Kier alpha value is -0.120. The lowest BCUT2D eigenvalue weighted by Crippen LogP contribution is -2.44. The van der Waals surface area contributed by atoms with Gasteiger partial charge in [-0.15, -0.1) is 0 Å². The fraction of sp³-hybridized carbons (Fsp3) is 1.00. The van der Waals surface area contributed by atoms with Gasteiger partial charge >= 0.3 is 0 Å². The Kier molecular flexibility index (Phi) is 4.70. The summed E-state index contributed by atoms with van der Waals surface area (Å²) in [5, 5.41) is 0. The Morgan fingerprint density at radius 3 is 2.92 bits per heavy atom. The highest BCUT2D eigenvalue weighted by atomic mass is 16.5. The fourth-order valence-electron chi connectivity index (χ4n) is 1.82. The van der Waals surface area contributed by atoms with Gasteiger partial charge in [-0.3, -0.25) is 4.90 Å². The minimum absolute atomic E-state index is 0.373. The largest absolute Gasteiger partial charge is 0.376 e. The molecule has 0 aromatic rings. The van der Waals surface area contributed by atoms with Crippen LogP contribution in [0.15, 0.2) is 0 Å². The Bertz CT molecular complexity index is 137. The molecule has 3 nitrogen and oxygen atoms in total. The van der Waals surface area contributed by atoms with E-state index in [0.717, 1.165) is 38.6 Å². The molecule has 0 radical (unpaired) electrons. The predicted molar refractivity (Wildman–Crippen MR) is 54.7 cm³/mol. The van der Waals surface area contributed by atoms with Crippen molar-refractivity contribution in [1.82, 2.24) is 4.90 Å². The van der Waals surface area contributed by atoms with Gasteiger partial charge in [0.1, 0.15) is 0 Å². The van der Waals surface area contributed by atoms with Gasteiger partial charge in [-0.05, 0) is 18.9 Å². The molecule has 0 aromatic carbocycles. The maximum absolute atomic E-state index is 5.61. The van der Waals surface area contributed by atoms with Crippen molar-refractivity contribution < 1.29 is 4.74 Å². The van der Waals surface area contributed by atoms with Crippen LogP contribution in [-0.2, 0) is 4.74 Å². The standard InChI is InChI=1S/C10H22N2O/c1-9(2)7-12-5-6-13-10(8-12)3-4-11/h9-10H,3-8,11H2,1-2H3. The zero-order valence-electron chi connectivity index (χ0n) is 8.83. The summed E-state index contributed by atoms with van der Waals surface area (Å²) in [5.41, 5.74) is 5.51. The van der Waals surface area contributed by atoms with E-state index in [1.54, 1.807) is 0 Å². The maximum atomic E-state index is 5.61. The van der Waals surface area contributed by atoms with Crippen LogP contribution in [0.5, 0.6) is 0 Å². The van der Waals surface area contributed by atoms with Crippen molar-refractivity contribution >= 4 is 0 Å². The fourth-order valence-corrected chi connectivity index (χ4v) is 1.82. The summed E-state index contributed by atoms with van der Waals surface area (Å²) in [7, 11) is 0. The summed E-state index contributed by atoms with van der Waals surface area (Å²) in [5.74, 6) is 0.747. The molecule has 0 amide bonds. The van der Waals surface area contributed by atoms with Crippen molar-refractivity contribution in [3.63, 3.8) is 0 Å². The maximum Gasteiger partial charge on any atom is 0.0714 e. The van der Waals surface area contributed by atoms with E-state index in [1.165, 1.54) is 6.54 Å². The van der Waals surface area contributed by atoms with Crippen molar-refractivity contribution in [2.75, 3.05) is 32.8 Å². The molecule has 1 fully saturated rings. The Morgan fingerprint density at radius 1 is 1.54 bits per heavy atom. The van der Waals surface area contributed by atoms with Gasteiger partial charge < -0.3 is 10.5 Å². The molecule has 1 saturated heterocycles. The lowest BCUT2D eigenvalue weighted by molar-refractivity contribution is -0.0337. The highest BCUT2D eigenvalue weighted by molar-refractivity contribution is 4.72. The first kappa shape index (κ1) is 11.0. The van der Waals surface area contributed by atoms with E-state index < -0.39 is 0 Å². The van der Waals surface area contributed by atoms with Gasteiger partial charge in [-0.25, -0.2) is 0 Å². The molecule has 0 spiro atoms. The average molecular weight is 186 g/mol. The SMILES string of the molecule is CC(C)CN1CCOC(CCN)C1. The number of rotatable bonds is 4. The lowest BCUT2D eigenvalue weighted by atomic mass is 10.1. The Morgan fingerprint density at radius 2 is 2.31 bits per heavy atom. The van der Waals surface area contributed by atoms with E-state index in [1.807, 2.05) is 0 Å². The van der Waals surface area contributed by atoms with Gasteiger partial charge in [0.25, 0.3) is 0 Å². The van der Waals surface area contributed by atoms with Crippen LogP contribution in [0.4, 0.5) is 0 Å². The molecule has 0 bridgehead atoms. The molecule has 2 N–H and O–H groups in total. The van der Waals surface area contributed by atoms with E-state index in [0.29, 0.717) is 6.10 Å². The molecule has 0 aliphatic carbocycles. The minimum atomic E-state index is 0.373. The van der Waals surface area contributed by atoms with Crippen LogP contribution in [0.2, 0.25) is 0 Å². The summed E-state index contributed by atoms with van der Waals surface area (Å²) < 4.78 is 5.61. The molecule has 1 aliphatic rings. The molecule has 1 aliphatic heterocycles. The van der Waals surface area contributed by atoms with Crippen molar-refractivity contribution in [1.29, 1.82) is 0 Å². The van der Waals surface area contributed by atoms with E-state index in [9.17, 15) is 0 Å². The van der Waals surface area contributed by atoms with Gasteiger partial charge in [0.2, 0.25) is 0 Å². The van der Waals surface area contributed by atoms with Crippen LogP contribution in [0.25, 0.3) is 0 Å². The van der Waals surface area contributed by atoms with E-state index in [-0.39, 0.29) is 0 Å². The topological polar surface area (TPSA) is 38.5 Å². The molecule has 1 unspecified atom stereocenters. The Labute approximate surface area is 81.2 Å². The molecule has 0 aromatic heterocycles. The van der Waals surface area contributed by atoms with Gasteiger partial charge in [-0.1, -0.05) is 13.8 Å². The zero-order chi connectivity index (χ0) is 9.68. The minimum Gasteiger partial charge on any atom is -0.376 e. The highest BCUT2D eigenvalue weighted by Crippen LogP contribution is 2.09. The number of morpholine rings is 1. The van der Waals surface area contributed by atoms with Gasteiger partial charge in [0, 0.05) is 19.6 Å². The first-order chi connectivity index (χ1) is 6.22. The van der Waals surface area contributed by atoms with Gasteiger partial charge in [0.05, 0.1) is 12.7 Å². The van der Waals surface area contributed by atoms with E-state index in [2.05, 4.69) is 18.7 Å². The lowest BCUT2D eigenvalue weighted by Gasteiger charge is -2.33. The number of hydrogen-bond acceptors (Lipinski definition) is 3. The third-order valence-corrected chi connectivity index (χ3v) is 2.33. The summed E-state index contributed by atoms with van der Waals surface area (Å²) in [4.78, 5) is 2.48. The molecule has 78 valence electrons. The zero-order valence-corrected chi connectivity index (χ0v) is 8.83. The number of nitrogens with two attached hydrogens (primary N) is 1. The molecule has 0 saturated carbocycles. The van der Waals surface area contributed by atoms with Gasteiger partial charge in [0.15, 0.2) is 0 Å². The van der Waals surface area contributed by atoms with Crippen LogP contribution < -0.4 is 5.73 Å². The number of ether oxygens (including phenoxy) is 1. The third-order valence-electron chi connectivity index (χ3n) is 2.33. The van der Waals surface area contributed by atoms with Crippen LogP contribution in [0, 0.1) is 5.92 Å². The summed E-state index contributed by atoms with van der Waals surface area (Å²) in [6, 6.07) is 0. The first-order valence-corrected chi connectivity index (χ1v) is 5.26. The summed E-state index contributed by atoms with van der Waals surface area (Å²) in [6.07, 6.45) is 1.37. The number of nitrogens with zero attached hydrogens (tertiary/aromatic N) is 1. The molecular weight excluding hydrogens is 164 g/mol. The predicted octanol–water partition coefficient (Wildman–Crippen LogP) is 0.692. The van der Waals surface area contributed by atoms with E-state index >= 15 is 0 Å².